The van der Waals surface area contributed by atoms with E-state index in [9.17, 15) is 0 Å². The number of aryl methyl sites for hydroxylation is 3. The summed E-state index contributed by atoms with van der Waals surface area (Å²) < 4.78 is 3.92. The zero-order valence-corrected chi connectivity index (χ0v) is 12.7. The monoisotopic (exact) mass is 290 g/mol. The van der Waals surface area contributed by atoms with Crippen LogP contribution in [-0.4, -0.2) is 30.9 Å². The van der Waals surface area contributed by atoms with E-state index < -0.39 is 0 Å². The van der Waals surface area contributed by atoms with Gasteiger partial charge < -0.3 is 5.32 Å². The van der Waals surface area contributed by atoms with Crippen LogP contribution in [0.2, 0.25) is 0 Å². The normalized spacial score (nSPS) is 11.6. The van der Waals surface area contributed by atoms with Crippen LogP contribution in [0.1, 0.15) is 22.0 Å². The number of aromatic nitrogens is 5. The van der Waals surface area contributed by atoms with Crippen LogP contribution in [0, 0.1) is 13.8 Å². The van der Waals surface area contributed by atoms with Crippen molar-refractivity contribution in [3.8, 4) is 0 Å². The van der Waals surface area contributed by atoms with Crippen molar-refractivity contribution in [1.82, 2.24) is 29.7 Å². The van der Waals surface area contributed by atoms with E-state index in [0.29, 0.717) is 0 Å². The molecular weight excluding hydrogens is 272 g/mol. The van der Waals surface area contributed by atoms with Gasteiger partial charge in [-0.2, -0.15) is 0 Å². The largest absolute Gasteiger partial charge is 0.311 e. The minimum Gasteiger partial charge on any atom is -0.311 e. The van der Waals surface area contributed by atoms with E-state index >= 15 is 0 Å². The van der Waals surface area contributed by atoms with Gasteiger partial charge in [-0.1, -0.05) is 5.21 Å². The zero-order chi connectivity index (χ0) is 14.1. The van der Waals surface area contributed by atoms with Crippen molar-refractivity contribution < 1.29 is 0 Å². The fourth-order valence-corrected chi connectivity index (χ4v) is 3.15. The van der Waals surface area contributed by atoms with Crippen LogP contribution < -0.4 is 5.32 Å². The Labute approximate surface area is 121 Å². The fourth-order valence-electron chi connectivity index (χ4n) is 2.26. The van der Waals surface area contributed by atoms with E-state index in [0.717, 1.165) is 35.9 Å². The van der Waals surface area contributed by atoms with E-state index in [1.54, 1.807) is 16.0 Å². The van der Waals surface area contributed by atoms with Gasteiger partial charge in [0.25, 0.3) is 0 Å². The first-order chi connectivity index (χ1) is 9.63. The predicted molar refractivity (Wildman–Crippen MR) is 79.0 cm³/mol. The van der Waals surface area contributed by atoms with Gasteiger partial charge in [-0.3, -0.25) is 9.08 Å². The first-order valence-corrected chi connectivity index (χ1v) is 7.45. The van der Waals surface area contributed by atoms with E-state index in [4.69, 9.17) is 0 Å². The van der Waals surface area contributed by atoms with Crippen LogP contribution in [0.25, 0.3) is 4.96 Å². The molecule has 0 amide bonds. The number of nitrogens with zero attached hydrogens (tertiary/aromatic N) is 5. The Morgan fingerprint density at radius 1 is 1.30 bits per heavy atom. The first kappa shape index (κ1) is 13.3. The Bertz CT molecular complexity index is 722. The van der Waals surface area contributed by atoms with Gasteiger partial charge >= 0.3 is 0 Å². The third kappa shape index (κ3) is 2.59. The highest BCUT2D eigenvalue weighted by molar-refractivity contribution is 7.17. The molecule has 0 atom stereocenters. The first-order valence-electron chi connectivity index (χ1n) is 6.63. The Hall–Kier alpha value is -1.73. The molecule has 3 aromatic rings. The maximum absolute atomic E-state index is 4.59. The van der Waals surface area contributed by atoms with Crippen LogP contribution in [-0.2, 0) is 20.0 Å². The molecule has 3 rings (SSSR count). The van der Waals surface area contributed by atoms with Crippen LogP contribution in [0.5, 0.6) is 0 Å². The molecule has 0 radical (unpaired) electrons. The lowest BCUT2D eigenvalue weighted by Crippen LogP contribution is -2.18. The van der Waals surface area contributed by atoms with Crippen molar-refractivity contribution >= 4 is 16.3 Å². The predicted octanol–water partition coefficient (Wildman–Crippen LogP) is 1.47. The lowest BCUT2D eigenvalue weighted by molar-refractivity contribution is 0.660. The lowest BCUT2D eigenvalue weighted by Gasteiger charge is -2.03. The van der Waals surface area contributed by atoms with Crippen molar-refractivity contribution in [2.75, 3.05) is 6.54 Å². The molecule has 0 fully saturated rings. The van der Waals surface area contributed by atoms with Gasteiger partial charge in [0, 0.05) is 43.8 Å². The molecule has 0 unspecified atom stereocenters. The van der Waals surface area contributed by atoms with Crippen LogP contribution in [0.4, 0.5) is 0 Å². The molecule has 0 saturated carbocycles. The molecule has 0 aliphatic carbocycles. The van der Waals surface area contributed by atoms with Gasteiger partial charge in [0.2, 0.25) is 0 Å². The second-order valence-corrected chi connectivity index (χ2v) is 6.16. The van der Waals surface area contributed by atoms with Gasteiger partial charge in [-0.15, -0.1) is 16.4 Å². The molecule has 3 heterocycles. The molecule has 0 saturated heterocycles. The molecule has 0 spiro atoms. The molecule has 0 bridgehead atoms. The van der Waals surface area contributed by atoms with Crippen molar-refractivity contribution in [3.63, 3.8) is 0 Å². The van der Waals surface area contributed by atoms with Gasteiger partial charge in [0.15, 0.2) is 4.96 Å². The highest BCUT2D eigenvalue weighted by Gasteiger charge is 2.10. The Morgan fingerprint density at radius 2 is 2.15 bits per heavy atom. The summed E-state index contributed by atoms with van der Waals surface area (Å²) in [5.74, 6) is 0. The number of thiazole rings is 1. The topological polar surface area (TPSA) is 60.0 Å². The number of rotatable bonds is 5. The lowest BCUT2D eigenvalue weighted by atomic mass is 10.3. The third-order valence-corrected chi connectivity index (χ3v) is 4.14. The second kappa shape index (κ2) is 5.34. The summed E-state index contributed by atoms with van der Waals surface area (Å²) in [6, 6.07) is 0. The van der Waals surface area contributed by atoms with Crippen molar-refractivity contribution in [3.05, 3.63) is 34.4 Å². The van der Waals surface area contributed by atoms with Crippen LogP contribution >= 0.6 is 11.3 Å². The quantitative estimate of drug-likeness (QED) is 0.723. The summed E-state index contributed by atoms with van der Waals surface area (Å²) >= 11 is 1.73. The van der Waals surface area contributed by atoms with E-state index in [2.05, 4.69) is 45.1 Å². The van der Waals surface area contributed by atoms with Gasteiger partial charge in [-0.05, 0) is 13.8 Å². The summed E-state index contributed by atoms with van der Waals surface area (Å²) in [7, 11) is 1.88. The maximum Gasteiger partial charge on any atom is 0.194 e. The zero-order valence-electron chi connectivity index (χ0n) is 11.9. The van der Waals surface area contributed by atoms with E-state index in [1.807, 2.05) is 13.2 Å². The van der Waals surface area contributed by atoms with E-state index in [1.165, 1.54) is 10.6 Å². The van der Waals surface area contributed by atoms with Gasteiger partial charge in [-0.25, -0.2) is 4.98 Å². The van der Waals surface area contributed by atoms with Crippen molar-refractivity contribution in [2.45, 2.75) is 26.8 Å². The fraction of sp³-hybridized carbons (Fsp3) is 0.462. The maximum atomic E-state index is 4.59. The summed E-state index contributed by atoms with van der Waals surface area (Å²) in [6.07, 6.45) is 4.99. The molecule has 20 heavy (non-hydrogen) atoms. The highest BCUT2D eigenvalue weighted by atomic mass is 32.1. The Balaban J connectivity index is 1.60. The number of fused-ring (bicyclic) bond motifs is 1. The third-order valence-electron chi connectivity index (χ3n) is 3.24. The second-order valence-electron chi connectivity index (χ2n) is 4.95. The number of imidazole rings is 1. The smallest absolute Gasteiger partial charge is 0.194 e. The average molecular weight is 290 g/mol. The highest BCUT2D eigenvalue weighted by Crippen LogP contribution is 2.20. The Morgan fingerprint density at radius 3 is 2.90 bits per heavy atom. The average Bonchev–Trinajstić information content (AvgIpc) is 3.02. The molecule has 7 heteroatoms. The molecular formula is C13H18N6S. The number of hydrogen-bond acceptors (Lipinski definition) is 5. The summed E-state index contributed by atoms with van der Waals surface area (Å²) in [6.45, 7) is 5.88. The Kier molecular flexibility index (Phi) is 3.54. The molecule has 106 valence electrons. The summed E-state index contributed by atoms with van der Waals surface area (Å²) in [5.41, 5.74) is 3.35. The SMILES string of the molecule is Cc1cn2c(CNCCc3cn(C)nn3)c(C)nc2s1. The van der Waals surface area contributed by atoms with Crippen LogP contribution in [0.15, 0.2) is 12.4 Å². The van der Waals surface area contributed by atoms with Crippen LogP contribution in [0.3, 0.4) is 0 Å². The molecule has 3 aromatic heterocycles. The van der Waals surface area contributed by atoms with Gasteiger partial charge in [0.05, 0.1) is 17.1 Å². The number of nitrogens with one attached hydrogen (secondary N) is 1. The van der Waals surface area contributed by atoms with Crippen molar-refractivity contribution in [1.29, 1.82) is 0 Å². The number of hydrogen-bond donors (Lipinski definition) is 1. The summed E-state index contributed by atoms with van der Waals surface area (Å²) in [4.78, 5) is 6.95. The summed E-state index contributed by atoms with van der Waals surface area (Å²) in [5, 5.41) is 11.5. The molecule has 0 aliphatic heterocycles. The van der Waals surface area contributed by atoms with Gasteiger partial charge in [0.1, 0.15) is 0 Å². The van der Waals surface area contributed by atoms with Crippen molar-refractivity contribution in [2.24, 2.45) is 7.05 Å². The minimum absolute atomic E-state index is 0.823. The molecule has 0 aromatic carbocycles. The molecule has 6 nitrogen and oxygen atoms in total. The minimum atomic E-state index is 0.823. The van der Waals surface area contributed by atoms with E-state index in [-0.39, 0.29) is 0 Å². The standard InChI is InChI=1S/C13H18N6S/c1-9-7-19-12(10(2)15-13(19)20-9)6-14-5-4-11-8-18(3)17-16-11/h7-8,14H,4-6H2,1-3H3. The molecule has 0 aliphatic rings. The molecule has 1 N–H and O–H groups in total.